The highest BCUT2D eigenvalue weighted by Gasteiger charge is 2.10. The van der Waals surface area contributed by atoms with Crippen LogP contribution >= 0.6 is 0 Å². The summed E-state index contributed by atoms with van der Waals surface area (Å²) in [5.74, 6) is 0.234. The normalized spacial score (nSPS) is 10.8. The van der Waals surface area contributed by atoms with Crippen molar-refractivity contribution in [2.24, 2.45) is 0 Å². The average molecular weight is 287 g/mol. The van der Waals surface area contributed by atoms with E-state index < -0.39 is 5.82 Å². The first kappa shape index (κ1) is 13.4. The topological polar surface area (TPSA) is 48.7 Å². The van der Waals surface area contributed by atoms with Crippen LogP contribution in [0.5, 0.6) is 11.6 Å². The van der Waals surface area contributed by atoms with Crippen LogP contribution in [0.4, 0.5) is 4.39 Å². The lowest BCUT2D eigenvalue weighted by Gasteiger charge is -2.03. The van der Waals surface area contributed by atoms with Gasteiger partial charge in [-0.2, -0.15) is 0 Å². The highest BCUT2D eigenvalue weighted by molar-refractivity contribution is 5.62. The van der Waals surface area contributed by atoms with Gasteiger partial charge in [-0.3, -0.25) is 0 Å². The van der Waals surface area contributed by atoms with Crippen molar-refractivity contribution in [2.45, 2.75) is 6.92 Å². The van der Waals surface area contributed by atoms with E-state index in [1.165, 1.54) is 6.07 Å². The highest BCUT2D eigenvalue weighted by Crippen LogP contribution is 2.24. The van der Waals surface area contributed by atoms with Gasteiger partial charge < -0.3 is 13.9 Å². The molecule has 0 amide bonds. The Kier molecular flexibility index (Phi) is 3.43. The summed E-state index contributed by atoms with van der Waals surface area (Å²) >= 11 is 0. The number of halogens is 1. The van der Waals surface area contributed by atoms with Crippen LogP contribution in [0, 0.1) is 5.82 Å². The molecule has 0 aliphatic heterocycles. The zero-order valence-electron chi connectivity index (χ0n) is 11.7. The molecule has 0 aliphatic rings. The van der Waals surface area contributed by atoms with E-state index in [1.807, 2.05) is 22.7 Å². The van der Waals surface area contributed by atoms with E-state index >= 15 is 0 Å². The maximum atomic E-state index is 13.9. The smallest absolute Gasteiger partial charge is 0.250 e. The van der Waals surface area contributed by atoms with Crippen molar-refractivity contribution in [3.05, 3.63) is 42.6 Å². The Morgan fingerprint density at radius 3 is 2.86 bits per heavy atom. The molecule has 0 fully saturated rings. The Bertz CT molecular complexity index is 786. The lowest BCUT2D eigenvalue weighted by atomic mass is 10.2. The van der Waals surface area contributed by atoms with Crippen LogP contribution in [0.3, 0.4) is 0 Å². The monoisotopic (exact) mass is 287 g/mol. The molecule has 0 saturated carbocycles. The Labute approximate surface area is 121 Å². The van der Waals surface area contributed by atoms with Crippen LogP contribution < -0.4 is 9.47 Å². The molecule has 3 aromatic heterocycles. The van der Waals surface area contributed by atoms with Gasteiger partial charge in [-0.25, -0.2) is 14.4 Å². The molecule has 0 saturated heterocycles. The van der Waals surface area contributed by atoms with E-state index in [-0.39, 0.29) is 5.88 Å². The summed E-state index contributed by atoms with van der Waals surface area (Å²) in [5.41, 5.74) is 1.98. The molecule has 6 heteroatoms. The van der Waals surface area contributed by atoms with Crippen molar-refractivity contribution < 1.29 is 13.9 Å². The standard InChI is InChI=1S/C15H14FN3O2/c1-3-21-15-12(16)6-10(7-17-15)13-9-19-8-11(20-2)4-5-14(19)18-13/h4-9H,3H2,1-2H3. The average Bonchev–Trinajstić information content (AvgIpc) is 2.92. The Balaban J connectivity index is 2.01. The molecule has 3 rings (SSSR count). The molecule has 0 bridgehead atoms. The molecular formula is C15H14FN3O2. The van der Waals surface area contributed by atoms with Gasteiger partial charge in [0, 0.05) is 18.0 Å². The molecule has 5 nitrogen and oxygen atoms in total. The Hall–Kier alpha value is -2.63. The third-order valence-electron chi connectivity index (χ3n) is 3.04. The Morgan fingerprint density at radius 1 is 1.29 bits per heavy atom. The lowest BCUT2D eigenvalue weighted by molar-refractivity contribution is 0.307. The molecular weight excluding hydrogens is 273 g/mol. The summed E-state index contributed by atoms with van der Waals surface area (Å²) < 4.78 is 25.9. The van der Waals surface area contributed by atoms with Gasteiger partial charge >= 0.3 is 0 Å². The molecule has 0 aromatic carbocycles. The third kappa shape index (κ3) is 2.52. The van der Waals surface area contributed by atoms with E-state index in [9.17, 15) is 4.39 Å². The van der Waals surface area contributed by atoms with E-state index in [1.54, 1.807) is 26.4 Å². The van der Waals surface area contributed by atoms with E-state index in [0.29, 0.717) is 17.9 Å². The molecule has 0 atom stereocenters. The zero-order valence-corrected chi connectivity index (χ0v) is 11.7. The van der Waals surface area contributed by atoms with Crippen LogP contribution in [0.2, 0.25) is 0 Å². The second-order valence-electron chi connectivity index (χ2n) is 4.40. The van der Waals surface area contributed by atoms with Gasteiger partial charge in [0.1, 0.15) is 11.4 Å². The molecule has 0 spiro atoms. The van der Waals surface area contributed by atoms with Crippen molar-refractivity contribution in [3.8, 4) is 22.9 Å². The first-order valence-corrected chi connectivity index (χ1v) is 6.52. The molecule has 0 aliphatic carbocycles. The molecule has 3 heterocycles. The van der Waals surface area contributed by atoms with Crippen LogP contribution in [-0.4, -0.2) is 28.1 Å². The van der Waals surface area contributed by atoms with Gasteiger partial charge in [0.25, 0.3) is 0 Å². The number of nitrogens with zero attached hydrogens (tertiary/aromatic N) is 3. The summed E-state index contributed by atoms with van der Waals surface area (Å²) in [7, 11) is 1.60. The molecule has 0 unspecified atom stereocenters. The fourth-order valence-corrected chi connectivity index (χ4v) is 2.04. The molecule has 3 aromatic rings. The van der Waals surface area contributed by atoms with Gasteiger partial charge in [0.2, 0.25) is 5.88 Å². The number of rotatable bonds is 4. The fraction of sp³-hybridized carbons (Fsp3) is 0.200. The number of hydrogen-bond donors (Lipinski definition) is 0. The quantitative estimate of drug-likeness (QED) is 0.740. The predicted octanol–water partition coefficient (Wildman–Crippen LogP) is 2.94. The number of fused-ring (bicyclic) bond motifs is 1. The van der Waals surface area contributed by atoms with E-state index in [4.69, 9.17) is 9.47 Å². The largest absolute Gasteiger partial charge is 0.495 e. The second-order valence-corrected chi connectivity index (χ2v) is 4.40. The minimum absolute atomic E-state index is 0.00619. The summed E-state index contributed by atoms with van der Waals surface area (Å²) in [4.78, 5) is 8.41. The third-order valence-corrected chi connectivity index (χ3v) is 3.04. The Morgan fingerprint density at radius 2 is 2.14 bits per heavy atom. The fourth-order valence-electron chi connectivity index (χ4n) is 2.04. The van der Waals surface area contributed by atoms with Crippen LogP contribution in [0.25, 0.3) is 16.9 Å². The predicted molar refractivity (Wildman–Crippen MR) is 76.1 cm³/mol. The lowest BCUT2D eigenvalue weighted by Crippen LogP contribution is -1.97. The van der Waals surface area contributed by atoms with Crippen molar-refractivity contribution in [1.29, 1.82) is 0 Å². The maximum Gasteiger partial charge on any atom is 0.250 e. The van der Waals surface area contributed by atoms with Gasteiger partial charge in [0.05, 0.1) is 25.6 Å². The van der Waals surface area contributed by atoms with Crippen molar-refractivity contribution in [2.75, 3.05) is 13.7 Å². The first-order chi connectivity index (χ1) is 10.2. The second kappa shape index (κ2) is 5.40. The van der Waals surface area contributed by atoms with E-state index in [0.717, 1.165) is 11.4 Å². The first-order valence-electron chi connectivity index (χ1n) is 6.52. The van der Waals surface area contributed by atoms with Crippen LogP contribution in [-0.2, 0) is 0 Å². The summed E-state index contributed by atoms with van der Waals surface area (Å²) in [5, 5.41) is 0. The summed E-state index contributed by atoms with van der Waals surface area (Å²) in [6.07, 6.45) is 5.16. The summed E-state index contributed by atoms with van der Waals surface area (Å²) in [6.45, 7) is 2.15. The van der Waals surface area contributed by atoms with Gasteiger partial charge in [0.15, 0.2) is 5.82 Å². The maximum absolute atomic E-state index is 13.9. The molecule has 0 N–H and O–H groups in total. The molecule has 0 radical (unpaired) electrons. The highest BCUT2D eigenvalue weighted by atomic mass is 19.1. The number of ether oxygens (including phenoxy) is 2. The number of pyridine rings is 2. The minimum atomic E-state index is -0.496. The zero-order chi connectivity index (χ0) is 14.8. The summed E-state index contributed by atoms with van der Waals surface area (Å²) in [6, 6.07) is 5.03. The number of aromatic nitrogens is 3. The van der Waals surface area contributed by atoms with Gasteiger partial charge in [-0.15, -0.1) is 0 Å². The van der Waals surface area contributed by atoms with Crippen LogP contribution in [0.15, 0.2) is 36.8 Å². The number of hydrogen-bond acceptors (Lipinski definition) is 4. The SMILES string of the molecule is CCOc1ncc(-c2cn3cc(OC)ccc3n2)cc1F. The van der Waals surface area contributed by atoms with E-state index in [2.05, 4.69) is 9.97 Å². The van der Waals surface area contributed by atoms with Crippen LogP contribution in [0.1, 0.15) is 6.92 Å². The number of methoxy groups -OCH3 is 1. The van der Waals surface area contributed by atoms with Crippen molar-refractivity contribution >= 4 is 5.65 Å². The molecule has 21 heavy (non-hydrogen) atoms. The minimum Gasteiger partial charge on any atom is -0.495 e. The van der Waals surface area contributed by atoms with Crippen molar-refractivity contribution in [3.63, 3.8) is 0 Å². The number of imidazole rings is 1. The van der Waals surface area contributed by atoms with Crippen molar-refractivity contribution in [1.82, 2.24) is 14.4 Å². The molecule has 108 valence electrons. The van der Waals surface area contributed by atoms with Gasteiger partial charge in [-0.1, -0.05) is 0 Å². The van der Waals surface area contributed by atoms with Gasteiger partial charge in [-0.05, 0) is 25.1 Å².